The number of piperazine rings is 1. The molecule has 0 amide bonds. The fourth-order valence-corrected chi connectivity index (χ4v) is 3.39. The lowest BCUT2D eigenvalue weighted by molar-refractivity contribution is -0.138. The van der Waals surface area contributed by atoms with E-state index in [1.807, 2.05) is 13.0 Å². The van der Waals surface area contributed by atoms with E-state index >= 15 is 0 Å². The van der Waals surface area contributed by atoms with Gasteiger partial charge < -0.3 is 4.90 Å². The minimum Gasteiger partial charge on any atom is -0.301 e. The fraction of sp³-hybridized carbons (Fsp3) is 0.526. The Kier molecular flexibility index (Phi) is 8.31. The number of halogens is 4. The van der Waals surface area contributed by atoms with Crippen molar-refractivity contribution in [1.29, 1.82) is 0 Å². The molecule has 1 fully saturated rings. The summed E-state index contributed by atoms with van der Waals surface area (Å²) < 4.78 is 41.4. The van der Waals surface area contributed by atoms with E-state index in [2.05, 4.69) is 43.2 Å². The van der Waals surface area contributed by atoms with Crippen molar-refractivity contribution in [2.45, 2.75) is 33.0 Å². The molecule has 1 aromatic rings. The lowest BCUT2D eigenvalue weighted by atomic mass is 10.0. The summed E-state index contributed by atoms with van der Waals surface area (Å²) in [6.07, 6.45) is -0.123. The molecule has 4 nitrogen and oxygen atoms in total. The van der Waals surface area contributed by atoms with Gasteiger partial charge >= 0.3 is 6.18 Å². The Morgan fingerprint density at radius 3 is 2.44 bits per heavy atom. The molecule has 0 saturated carbocycles. The van der Waals surface area contributed by atoms with Gasteiger partial charge in [-0.2, -0.15) is 18.3 Å². The van der Waals surface area contributed by atoms with E-state index < -0.39 is 11.7 Å². The minimum atomic E-state index is -4.40. The van der Waals surface area contributed by atoms with E-state index in [-0.39, 0.29) is 0 Å². The Morgan fingerprint density at radius 1 is 1.19 bits per heavy atom. The average Bonchev–Trinajstić information content (AvgIpc) is 2.63. The van der Waals surface area contributed by atoms with Crippen molar-refractivity contribution < 1.29 is 13.2 Å². The molecule has 0 aromatic heterocycles. The van der Waals surface area contributed by atoms with E-state index in [4.69, 9.17) is 0 Å². The van der Waals surface area contributed by atoms with Crippen LogP contribution in [0.5, 0.6) is 0 Å². The molecule has 0 bridgehead atoms. The molecule has 0 radical (unpaired) electrons. The van der Waals surface area contributed by atoms with Gasteiger partial charge in [0.05, 0.1) is 17.5 Å². The number of hydrogen-bond acceptors (Lipinski definition) is 4. The van der Waals surface area contributed by atoms with Crippen molar-refractivity contribution in [3.63, 3.8) is 0 Å². The SMILES string of the molecule is CC/C=C(Br)\C=N/Nc1ccc(CN2CCN(CC)CC2)c(C(F)(F)F)c1. The second kappa shape index (κ2) is 10.2. The van der Waals surface area contributed by atoms with Crippen molar-refractivity contribution in [3.05, 3.63) is 39.9 Å². The zero-order chi connectivity index (χ0) is 19.9. The molecule has 2 rings (SSSR count). The summed E-state index contributed by atoms with van der Waals surface area (Å²) in [6, 6.07) is 4.32. The molecule has 1 aliphatic heterocycles. The van der Waals surface area contributed by atoms with Crippen LogP contribution in [-0.4, -0.2) is 48.7 Å². The third-order valence-corrected chi connectivity index (χ3v) is 5.03. The molecule has 8 heteroatoms. The van der Waals surface area contributed by atoms with Gasteiger partial charge in [0.2, 0.25) is 0 Å². The highest BCUT2D eigenvalue weighted by Crippen LogP contribution is 2.34. The molecule has 0 unspecified atom stereocenters. The Morgan fingerprint density at radius 2 is 1.85 bits per heavy atom. The summed E-state index contributed by atoms with van der Waals surface area (Å²) >= 11 is 3.32. The standard InChI is InChI=1S/C19H26BrF3N4/c1-3-5-16(20)13-24-25-17-7-6-15(18(12-17)19(21,22)23)14-27-10-8-26(4-2)9-11-27/h5-7,12-13,25H,3-4,8-11,14H2,1-2H3/b16-5+,24-13-. The van der Waals surface area contributed by atoms with Crippen molar-refractivity contribution >= 4 is 27.8 Å². The Labute approximate surface area is 167 Å². The van der Waals surface area contributed by atoms with Gasteiger partial charge in [0.1, 0.15) is 0 Å². The Bertz CT molecular complexity index is 665. The predicted molar refractivity (Wildman–Crippen MR) is 108 cm³/mol. The highest BCUT2D eigenvalue weighted by Gasteiger charge is 2.34. The normalized spacial score (nSPS) is 17.6. The van der Waals surface area contributed by atoms with Crippen LogP contribution in [0.2, 0.25) is 0 Å². The molecule has 1 saturated heterocycles. The number of benzene rings is 1. The minimum absolute atomic E-state index is 0.300. The molecule has 1 N–H and O–H groups in total. The molecule has 150 valence electrons. The summed E-state index contributed by atoms with van der Waals surface area (Å²) in [6.45, 7) is 8.73. The van der Waals surface area contributed by atoms with Gasteiger partial charge in [-0.3, -0.25) is 10.3 Å². The van der Waals surface area contributed by atoms with Gasteiger partial charge in [-0.25, -0.2) is 0 Å². The Hall–Kier alpha value is -1.38. The third-order valence-electron chi connectivity index (χ3n) is 4.50. The molecule has 1 heterocycles. The number of likely N-dealkylation sites (N-methyl/N-ethyl adjacent to an activating group) is 1. The smallest absolute Gasteiger partial charge is 0.301 e. The number of alkyl halides is 3. The zero-order valence-electron chi connectivity index (χ0n) is 15.7. The first-order valence-electron chi connectivity index (χ1n) is 9.13. The molecule has 1 aliphatic rings. The first-order valence-corrected chi connectivity index (χ1v) is 9.92. The highest BCUT2D eigenvalue weighted by atomic mass is 79.9. The first-order chi connectivity index (χ1) is 12.8. The highest BCUT2D eigenvalue weighted by molar-refractivity contribution is 9.12. The number of nitrogens with one attached hydrogen (secondary N) is 1. The van der Waals surface area contributed by atoms with Crippen LogP contribution in [0.4, 0.5) is 18.9 Å². The van der Waals surface area contributed by atoms with E-state index in [0.29, 0.717) is 17.8 Å². The lowest BCUT2D eigenvalue weighted by Gasteiger charge is -2.34. The fourth-order valence-electron chi connectivity index (χ4n) is 2.97. The monoisotopic (exact) mass is 446 g/mol. The zero-order valence-corrected chi connectivity index (χ0v) is 17.3. The number of anilines is 1. The predicted octanol–water partition coefficient (Wildman–Crippen LogP) is 4.93. The summed E-state index contributed by atoms with van der Waals surface area (Å²) in [4.78, 5) is 4.38. The quantitative estimate of drug-likeness (QED) is 0.475. The second-order valence-corrected chi connectivity index (χ2v) is 7.36. The van der Waals surface area contributed by atoms with Gasteiger partial charge in [-0.1, -0.05) is 26.0 Å². The number of hydrogen-bond donors (Lipinski definition) is 1. The summed E-state index contributed by atoms with van der Waals surface area (Å²) in [5.74, 6) is 0. The van der Waals surface area contributed by atoms with Crippen LogP contribution in [0.25, 0.3) is 0 Å². The number of nitrogens with zero attached hydrogens (tertiary/aromatic N) is 3. The number of rotatable bonds is 7. The van der Waals surface area contributed by atoms with Gasteiger partial charge in [-0.05, 0) is 46.6 Å². The van der Waals surface area contributed by atoms with Gasteiger partial charge in [-0.15, -0.1) is 0 Å². The van der Waals surface area contributed by atoms with E-state index in [1.54, 1.807) is 12.1 Å². The molecule has 0 aliphatic carbocycles. The van der Waals surface area contributed by atoms with E-state index in [1.165, 1.54) is 6.21 Å². The van der Waals surface area contributed by atoms with Crippen LogP contribution in [0.15, 0.2) is 33.9 Å². The topological polar surface area (TPSA) is 30.9 Å². The Balaban J connectivity index is 2.10. The maximum absolute atomic E-state index is 13.5. The van der Waals surface area contributed by atoms with Crippen LogP contribution in [0.1, 0.15) is 31.4 Å². The third kappa shape index (κ3) is 6.93. The van der Waals surface area contributed by atoms with Crippen LogP contribution in [0, 0.1) is 0 Å². The maximum atomic E-state index is 13.5. The molecule has 1 aromatic carbocycles. The van der Waals surface area contributed by atoms with E-state index in [0.717, 1.165) is 49.7 Å². The average molecular weight is 447 g/mol. The van der Waals surface area contributed by atoms with Gasteiger partial charge in [0, 0.05) is 37.2 Å². The molecular formula is C19H26BrF3N4. The molecule has 0 atom stereocenters. The summed E-state index contributed by atoms with van der Waals surface area (Å²) in [5.41, 5.74) is 2.68. The van der Waals surface area contributed by atoms with Crippen molar-refractivity contribution in [2.75, 3.05) is 38.1 Å². The van der Waals surface area contributed by atoms with Crippen molar-refractivity contribution in [1.82, 2.24) is 9.80 Å². The second-order valence-electron chi connectivity index (χ2n) is 6.45. The maximum Gasteiger partial charge on any atom is 0.416 e. The van der Waals surface area contributed by atoms with Crippen LogP contribution in [-0.2, 0) is 12.7 Å². The van der Waals surface area contributed by atoms with Crippen LogP contribution in [0.3, 0.4) is 0 Å². The number of hydrazone groups is 1. The lowest BCUT2D eigenvalue weighted by Crippen LogP contribution is -2.45. The molecular weight excluding hydrogens is 421 g/mol. The summed E-state index contributed by atoms with van der Waals surface area (Å²) in [7, 11) is 0. The van der Waals surface area contributed by atoms with Crippen LogP contribution >= 0.6 is 15.9 Å². The number of allylic oxidation sites excluding steroid dienone is 2. The van der Waals surface area contributed by atoms with E-state index in [9.17, 15) is 13.2 Å². The summed E-state index contributed by atoms with van der Waals surface area (Å²) in [5, 5.41) is 3.97. The first kappa shape index (κ1) is 21.9. The molecule has 0 spiro atoms. The van der Waals surface area contributed by atoms with Crippen molar-refractivity contribution in [3.8, 4) is 0 Å². The molecule has 27 heavy (non-hydrogen) atoms. The van der Waals surface area contributed by atoms with Crippen LogP contribution < -0.4 is 5.43 Å². The van der Waals surface area contributed by atoms with Crippen molar-refractivity contribution in [2.24, 2.45) is 5.10 Å². The van der Waals surface area contributed by atoms with Gasteiger partial charge in [0.25, 0.3) is 0 Å². The van der Waals surface area contributed by atoms with Gasteiger partial charge in [0.15, 0.2) is 0 Å². The largest absolute Gasteiger partial charge is 0.416 e.